The van der Waals surface area contributed by atoms with Crippen molar-refractivity contribution < 1.29 is 28.2 Å². The lowest BCUT2D eigenvalue weighted by atomic mass is 9.95. The minimum Gasteiger partial charge on any atom is -0.461 e. The first kappa shape index (κ1) is 19.0. The SMILES string of the molecule is CCOC(=O)C(F)(F)[C@H](O)[C@@H]1CC(=O)N1[Si](C)(C)C(C)(C)C. The van der Waals surface area contributed by atoms with Crippen LogP contribution in [-0.2, 0) is 14.3 Å². The second-order valence-electron chi connectivity index (χ2n) is 7.13. The number of halogens is 2. The van der Waals surface area contributed by atoms with Gasteiger partial charge in [0.15, 0.2) is 8.24 Å². The molecule has 0 aromatic heterocycles. The maximum Gasteiger partial charge on any atom is 0.379 e. The zero-order valence-corrected chi connectivity index (χ0v) is 14.9. The van der Waals surface area contributed by atoms with Gasteiger partial charge >= 0.3 is 11.9 Å². The zero-order chi connectivity index (χ0) is 17.5. The van der Waals surface area contributed by atoms with Gasteiger partial charge in [-0.15, -0.1) is 0 Å². The van der Waals surface area contributed by atoms with Gasteiger partial charge in [0, 0.05) is 6.42 Å². The van der Waals surface area contributed by atoms with Crippen LogP contribution in [0.4, 0.5) is 8.78 Å². The van der Waals surface area contributed by atoms with E-state index in [0.717, 1.165) is 0 Å². The number of esters is 1. The Kier molecular flexibility index (Phi) is 5.09. The van der Waals surface area contributed by atoms with Crippen LogP contribution in [0.25, 0.3) is 0 Å². The van der Waals surface area contributed by atoms with Crippen molar-refractivity contribution in [3.63, 3.8) is 0 Å². The van der Waals surface area contributed by atoms with Crippen LogP contribution < -0.4 is 0 Å². The summed E-state index contributed by atoms with van der Waals surface area (Å²) in [6, 6.07) is -1.05. The molecule has 1 fully saturated rings. The second-order valence-corrected chi connectivity index (χ2v) is 12.2. The third kappa shape index (κ3) is 3.03. The van der Waals surface area contributed by atoms with Gasteiger partial charge in [-0.05, 0) is 12.0 Å². The highest BCUT2D eigenvalue weighted by Gasteiger charge is 2.61. The molecule has 0 saturated carbocycles. The van der Waals surface area contributed by atoms with E-state index in [1.807, 2.05) is 33.9 Å². The number of ether oxygens (including phenoxy) is 1. The summed E-state index contributed by atoms with van der Waals surface area (Å²) in [6.45, 7) is 10.8. The van der Waals surface area contributed by atoms with Gasteiger partial charge in [0.1, 0.15) is 6.10 Å². The highest BCUT2D eigenvalue weighted by molar-refractivity contribution is 6.80. The molecule has 128 valence electrons. The van der Waals surface area contributed by atoms with Gasteiger partial charge in [-0.2, -0.15) is 8.78 Å². The van der Waals surface area contributed by atoms with Crippen LogP contribution in [0.1, 0.15) is 34.1 Å². The molecule has 0 unspecified atom stereocenters. The van der Waals surface area contributed by atoms with E-state index in [2.05, 4.69) is 4.74 Å². The van der Waals surface area contributed by atoms with Crippen molar-refractivity contribution in [3.8, 4) is 0 Å². The summed E-state index contributed by atoms with van der Waals surface area (Å²) in [7, 11) is -2.40. The lowest BCUT2D eigenvalue weighted by Crippen LogP contribution is -2.73. The first-order valence-corrected chi connectivity index (χ1v) is 10.3. The van der Waals surface area contributed by atoms with Gasteiger partial charge in [0.2, 0.25) is 5.91 Å². The van der Waals surface area contributed by atoms with Crippen LogP contribution in [0.2, 0.25) is 18.1 Å². The molecule has 1 saturated heterocycles. The largest absolute Gasteiger partial charge is 0.461 e. The van der Waals surface area contributed by atoms with E-state index in [0.29, 0.717) is 0 Å². The fourth-order valence-corrected chi connectivity index (χ4v) is 4.87. The molecule has 0 bridgehead atoms. The number of hydrogen-bond acceptors (Lipinski definition) is 4. The van der Waals surface area contributed by atoms with Crippen LogP contribution in [0.5, 0.6) is 0 Å². The summed E-state index contributed by atoms with van der Waals surface area (Å²) in [5.74, 6) is -6.03. The highest BCUT2D eigenvalue weighted by Crippen LogP contribution is 2.45. The molecule has 22 heavy (non-hydrogen) atoms. The van der Waals surface area contributed by atoms with Crippen LogP contribution in [0, 0.1) is 0 Å². The van der Waals surface area contributed by atoms with Gasteiger partial charge < -0.3 is 14.4 Å². The number of carbonyl (C=O) groups excluding carboxylic acids is 2. The monoisotopic (exact) mass is 337 g/mol. The summed E-state index contributed by atoms with van der Waals surface area (Å²) in [5.41, 5.74) is 0. The minimum absolute atomic E-state index is 0.178. The number of aliphatic hydroxyl groups is 1. The molecule has 1 heterocycles. The Bertz CT molecular complexity index is 462. The summed E-state index contributed by atoms with van der Waals surface area (Å²) in [4.78, 5) is 23.3. The molecule has 1 N–H and O–H groups in total. The molecule has 0 radical (unpaired) electrons. The Labute approximate surface area is 130 Å². The highest BCUT2D eigenvalue weighted by atomic mass is 28.3. The van der Waals surface area contributed by atoms with Crippen molar-refractivity contribution in [2.45, 2.75) is 70.3 Å². The van der Waals surface area contributed by atoms with Gasteiger partial charge in [0.25, 0.3) is 0 Å². The summed E-state index contributed by atoms with van der Waals surface area (Å²) in [6.07, 6.45) is -2.43. The summed E-state index contributed by atoms with van der Waals surface area (Å²) >= 11 is 0. The maximum atomic E-state index is 14.0. The fourth-order valence-electron chi connectivity index (χ4n) is 2.37. The summed E-state index contributed by atoms with van der Waals surface area (Å²) in [5, 5.41) is 9.74. The molecule has 1 rings (SSSR count). The van der Waals surface area contributed by atoms with Crippen molar-refractivity contribution in [1.29, 1.82) is 0 Å². The third-order valence-electron chi connectivity index (χ3n) is 4.71. The molecule has 2 atom stereocenters. The van der Waals surface area contributed by atoms with Crippen molar-refractivity contribution in [2.24, 2.45) is 0 Å². The van der Waals surface area contributed by atoms with E-state index >= 15 is 0 Å². The van der Waals surface area contributed by atoms with Crippen molar-refractivity contribution in [3.05, 3.63) is 0 Å². The number of hydrogen-bond donors (Lipinski definition) is 1. The van der Waals surface area contributed by atoms with Crippen molar-refractivity contribution in [1.82, 2.24) is 4.57 Å². The lowest BCUT2D eigenvalue weighted by Gasteiger charge is -2.56. The quantitative estimate of drug-likeness (QED) is 0.474. The Hall–Kier alpha value is -1.02. The molecule has 5 nitrogen and oxygen atoms in total. The van der Waals surface area contributed by atoms with Crippen molar-refractivity contribution >= 4 is 20.1 Å². The van der Waals surface area contributed by atoms with E-state index in [1.165, 1.54) is 11.5 Å². The van der Waals surface area contributed by atoms with E-state index in [4.69, 9.17) is 0 Å². The average molecular weight is 337 g/mol. The zero-order valence-electron chi connectivity index (χ0n) is 13.9. The molecule has 0 aliphatic carbocycles. The second kappa shape index (κ2) is 5.88. The topological polar surface area (TPSA) is 66.8 Å². The van der Waals surface area contributed by atoms with Crippen LogP contribution >= 0.6 is 0 Å². The number of alkyl halides is 2. The predicted molar refractivity (Wildman–Crippen MR) is 80.0 cm³/mol. The molecule has 1 aliphatic rings. The fraction of sp³-hybridized carbons (Fsp3) is 0.857. The Balaban J connectivity index is 3.02. The molecule has 8 heteroatoms. The maximum absolute atomic E-state index is 14.0. The lowest BCUT2D eigenvalue weighted by molar-refractivity contribution is -0.199. The number of rotatable bonds is 5. The first-order valence-electron chi connectivity index (χ1n) is 7.33. The molecule has 0 aromatic carbocycles. The first-order chi connectivity index (χ1) is 9.78. The Morgan fingerprint density at radius 1 is 1.45 bits per heavy atom. The number of nitrogens with zero attached hydrogens (tertiary/aromatic N) is 1. The van der Waals surface area contributed by atoms with Gasteiger partial charge in [-0.3, -0.25) is 4.79 Å². The standard InChI is InChI=1S/C14H25F2NO4Si/c1-7-21-12(20)14(15,16)11(19)9-8-10(18)17(9)22(5,6)13(2,3)4/h9,11,19H,7-8H2,1-6H3/t9-,11+/m0/s1. The van der Waals surface area contributed by atoms with Crippen molar-refractivity contribution in [2.75, 3.05) is 6.61 Å². The number of carbonyl (C=O) groups is 2. The van der Waals surface area contributed by atoms with Gasteiger partial charge in [0.05, 0.1) is 12.6 Å². The Morgan fingerprint density at radius 3 is 2.32 bits per heavy atom. The van der Waals surface area contributed by atoms with Crippen LogP contribution in [-0.4, -0.2) is 54.5 Å². The smallest absolute Gasteiger partial charge is 0.379 e. The third-order valence-corrected chi connectivity index (χ3v) is 10.2. The number of amides is 1. The molecule has 1 aliphatic heterocycles. The molecular weight excluding hydrogens is 312 g/mol. The van der Waals surface area contributed by atoms with Gasteiger partial charge in [-0.1, -0.05) is 33.9 Å². The minimum atomic E-state index is -4.03. The van der Waals surface area contributed by atoms with Gasteiger partial charge in [-0.25, -0.2) is 4.79 Å². The van der Waals surface area contributed by atoms with Crippen LogP contribution in [0.15, 0.2) is 0 Å². The van der Waals surface area contributed by atoms with Crippen LogP contribution in [0.3, 0.4) is 0 Å². The van der Waals surface area contributed by atoms with E-state index in [9.17, 15) is 23.5 Å². The molecule has 1 amide bonds. The molecule has 0 aromatic rings. The van der Waals surface area contributed by atoms with E-state index < -0.39 is 32.3 Å². The number of aliphatic hydroxyl groups excluding tert-OH is 1. The Morgan fingerprint density at radius 2 is 1.95 bits per heavy atom. The average Bonchev–Trinajstić information content (AvgIpc) is 2.33. The normalized spacial score (nSPS) is 21.4. The molecular formula is C14H25F2NO4Si. The summed E-state index contributed by atoms with van der Waals surface area (Å²) < 4.78 is 33.7. The van der Waals surface area contributed by atoms with E-state index in [1.54, 1.807) is 0 Å². The predicted octanol–water partition coefficient (Wildman–Crippen LogP) is 2.15. The number of β-lactam (4-membered cyclic amide) rings is 1. The molecule has 0 spiro atoms. The van der Waals surface area contributed by atoms with E-state index in [-0.39, 0.29) is 24.0 Å².